The van der Waals surface area contributed by atoms with Gasteiger partial charge in [-0.2, -0.15) is 0 Å². The molecule has 0 fully saturated rings. The maximum absolute atomic E-state index is 2.36. The third-order valence-corrected chi connectivity index (χ3v) is 3.04. The SMILES string of the molecule is CC1=CC(CCc2ccccc2)=C(C)C1. The van der Waals surface area contributed by atoms with E-state index in [0.717, 1.165) is 6.42 Å². The molecule has 0 N–H and O–H groups in total. The summed E-state index contributed by atoms with van der Waals surface area (Å²) in [6.45, 7) is 4.48. The summed E-state index contributed by atoms with van der Waals surface area (Å²) >= 11 is 0. The van der Waals surface area contributed by atoms with Crippen LogP contribution in [-0.4, -0.2) is 0 Å². The lowest BCUT2D eigenvalue weighted by Gasteiger charge is -2.02. The first kappa shape index (κ1) is 10.2. The van der Waals surface area contributed by atoms with Crippen LogP contribution in [0.2, 0.25) is 0 Å². The standard InChI is InChI=1S/C15H18/c1-12-10-13(2)15(11-12)9-8-14-6-4-3-5-7-14/h3-7,11H,8-10H2,1-2H3. The van der Waals surface area contributed by atoms with Crippen LogP contribution in [-0.2, 0) is 6.42 Å². The van der Waals surface area contributed by atoms with Crippen molar-refractivity contribution in [3.05, 3.63) is 58.7 Å². The van der Waals surface area contributed by atoms with Gasteiger partial charge in [0.05, 0.1) is 0 Å². The van der Waals surface area contributed by atoms with Crippen LogP contribution in [0.25, 0.3) is 0 Å². The fourth-order valence-electron chi connectivity index (χ4n) is 2.21. The molecule has 1 aromatic carbocycles. The minimum atomic E-state index is 1.16. The summed E-state index contributed by atoms with van der Waals surface area (Å²) in [6, 6.07) is 10.7. The minimum absolute atomic E-state index is 1.16. The minimum Gasteiger partial charge on any atom is -0.0690 e. The predicted molar refractivity (Wildman–Crippen MR) is 65.8 cm³/mol. The molecule has 0 aliphatic heterocycles. The molecule has 0 saturated heterocycles. The summed E-state index contributed by atoms with van der Waals surface area (Å²) in [7, 11) is 0. The van der Waals surface area contributed by atoms with Crippen molar-refractivity contribution in [2.45, 2.75) is 33.1 Å². The van der Waals surface area contributed by atoms with Gasteiger partial charge >= 0.3 is 0 Å². The quantitative estimate of drug-likeness (QED) is 0.679. The Balaban J connectivity index is 1.97. The molecule has 0 amide bonds. The van der Waals surface area contributed by atoms with Gasteiger partial charge in [0.15, 0.2) is 0 Å². The third-order valence-electron chi connectivity index (χ3n) is 3.04. The van der Waals surface area contributed by atoms with Gasteiger partial charge < -0.3 is 0 Å². The van der Waals surface area contributed by atoms with E-state index in [1.165, 1.54) is 24.0 Å². The molecular formula is C15H18. The van der Waals surface area contributed by atoms with Crippen LogP contribution in [0.4, 0.5) is 0 Å². The average molecular weight is 198 g/mol. The van der Waals surface area contributed by atoms with E-state index >= 15 is 0 Å². The van der Waals surface area contributed by atoms with Crippen LogP contribution in [0.5, 0.6) is 0 Å². The lowest BCUT2D eigenvalue weighted by Crippen LogP contribution is -1.87. The Labute approximate surface area is 92.3 Å². The van der Waals surface area contributed by atoms with Crippen LogP contribution in [0.15, 0.2) is 53.1 Å². The van der Waals surface area contributed by atoms with Gasteiger partial charge in [-0.25, -0.2) is 0 Å². The molecule has 2 rings (SSSR count). The second-order valence-electron chi connectivity index (χ2n) is 4.46. The lowest BCUT2D eigenvalue weighted by atomic mass is 10.0. The summed E-state index contributed by atoms with van der Waals surface area (Å²) in [5, 5.41) is 0. The molecule has 1 aliphatic carbocycles. The fourth-order valence-corrected chi connectivity index (χ4v) is 2.21. The first-order chi connectivity index (χ1) is 7.25. The molecule has 78 valence electrons. The predicted octanol–water partition coefficient (Wildman–Crippen LogP) is 4.29. The van der Waals surface area contributed by atoms with Gasteiger partial charge in [-0.15, -0.1) is 0 Å². The number of allylic oxidation sites excluding steroid dienone is 4. The highest BCUT2D eigenvalue weighted by molar-refractivity contribution is 5.37. The van der Waals surface area contributed by atoms with E-state index in [-0.39, 0.29) is 0 Å². The Kier molecular flexibility index (Phi) is 3.05. The zero-order chi connectivity index (χ0) is 10.7. The molecule has 0 spiro atoms. The number of hydrogen-bond acceptors (Lipinski definition) is 0. The molecule has 0 aromatic heterocycles. The van der Waals surface area contributed by atoms with Crippen molar-refractivity contribution < 1.29 is 0 Å². The third kappa shape index (κ3) is 2.59. The number of hydrogen-bond donors (Lipinski definition) is 0. The Hall–Kier alpha value is -1.30. The lowest BCUT2D eigenvalue weighted by molar-refractivity contribution is 0.951. The van der Waals surface area contributed by atoms with Gasteiger partial charge in [0.25, 0.3) is 0 Å². The summed E-state index contributed by atoms with van der Waals surface area (Å²) in [5.74, 6) is 0. The Morgan fingerprint density at radius 3 is 2.33 bits per heavy atom. The number of aryl methyl sites for hydroxylation is 1. The monoisotopic (exact) mass is 198 g/mol. The van der Waals surface area contributed by atoms with E-state index < -0.39 is 0 Å². The topological polar surface area (TPSA) is 0 Å². The van der Waals surface area contributed by atoms with Crippen molar-refractivity contribution in [1.82, 2.24) is 0 Å². The highest BCUT2D eigenvalue weighted by Gasteiger charge is 2.08. The molecule has 0 nitrogen and oxygen atoms in total. The summed E-state index contributed by atoms with van der Waals surface area (Å²) < 4.78 is 0. The van der Waals surface area contributed by atoms with Crippen LogP contribution in [0.3, 0.4) is 0 Å². The highest BCUT2D eigenvalue weighted by Crippen LogP contribution is 2.27. The molecule has 0 atom stereocenters. The van der Waals surface area contributed by atoms with Crippen LogP contribution in [0.1, 0.15) is 32.3 Å². The molecule has 1 aromatic rings. The fraction of sp³-hybridized carbons (Fsp3) is 0.333. The van der Waals surface area contributed by atoms with E-state index in [2.05, 4.69) is 50.3 Å². The van der Waals surface area contributed by atoms with Gasteiger partial charge in [0.1, 0.15) is 0 Å². The zero-order valence-corrected chi connectivity index (χ0v) is 9.59. The molecule has 1 aliphatic rings. The maximum Gasteiger partial charge on any atom is -0.0105 e. The number of benzene rings is 1. The molecule has 0 unspecified atom stereocenters. The van der Waals surface area contributed by atoms with E-state index in [4.69, 9.17) is 0 Å². The van der Waals surface area contributed by atoms with Gasteiger partial charge in [-0.1, -0.05) is 47.6 Å². The molecule has 15 heavy (non-hydrogen) atoms. The zero-order valence-electron chi connectivity index (χ0n) is 9.59. The van der Waals surface area contributed by atoms with E-state index in [0.29, 0.717) is 0 Å². The highest BCUT2D eigenvalue weighted by atomic mass is 14.1. The molecule has 0 heteroatoms. The Morgan fingerprint density at radius 1 is 1.00 bits per heavy atom. The van der Waals surface area contributed by atoms with Crippen molar-refractivity contribution in [1.29, 1.82) is 0 Å². The summed E-state index contributed by atoms with van der Waals surface area (Å²) in [4.78, 5) is 0. The molecule has 0 radical (unpaired) electrons. The van der Waals surface area contributed by atoms with Crippen molar-refractivity contribution in [3.63, 3.8) is 0 Å². The van der Waals surface area contributed by atoms with Crippen molar-refractivity contribution in [3.8, 4) is 0 Å². The maximum atomic E-state index is 2.36. The first-order valence-corrected chi connectivity index (χ1v) is 5.65. The second kappa shape index (κ2) is 4.48. The van der Waals surface area contributed by atoms with Crippen LogP contribution < -0.4 is 0 Å². The van der Waals surface area contributed by atoms with E-state index in [1.807, 2.05) is 0 Å². The average Bonchev–Trinajstić information content (AvgIpc) is 2.56. The van der Waals surface area contributed by atoms with Crippen molar-refractivity contribution >= 4 is 0 Å². The number of rotatable bonds is 3. The molecule has 0 heterocycles. The smallest absolute Gasteiger partial charge is 0.0105 e. The van der Waals surface area contributed by atoms with Gasteiger partial charge in [0.2, 0.25) is 0 Å². The Bertz CT molecular complexity index is 393. The summed E-state index contributed by atoms with van der Waals surface area (Å²) in [6.07, 6.45) is 5.90. The first-order valence-electron chi connectivity index (χ1n) is 5.65. The largest absolute Gasteiger partial charge is 0.0690 e. The van der Waals surface area contributed by atoms with Gasteiger partial charge in [0, 0.05) is 0 Å². The van der Waals surface area contributed by atoms with E-state index in [1.54, 1.807) is 11.1 Å². The molecule has 0 saturated carbocycles. The molecule has 0 bridgehead atoms. The molecular weight excluding hydrogens is 180 g/mol. The van der Waals surface area contributed by atoms with Gasteiger partial charge in [-0.3, -0.25) is 0 Å². The van der Waals surface area contributed by atoms with Gasteiger partial charge in [-0.05, 0) is 44.2 Å². The van der Waals surface area contributed by atoms with Crippen LogP contribution in [0, 0.1) is 0 Å². The van der Waals surface area contributed by atoms with E-state index in [9.17, 15) is 0 Å². The van der Waals surface area contributed by atoms with Crippen molar-refractivity contribution in [2.75, 3.05) is 0 Å². The second-order valence-corrected chi connectivity index (χ2v) is 4.46. The summed E-state index contributed by atoms with van der Waals surface area (Å²) in [5.41, 5.74) is 6.06. The normalized spacial score (nSPS) is 15.7. The van der Waals surface area contributed by atoms with Crippen molar-refractivity contribution in [2.24, 2.45) is 0 Å². The Morgan fingerprint density at radius 2 is 1.73 bits per heavy atom. The van der Waals surface area contributed by atoms with Crippen LogP contribution >= 0.6 is 0 Å².